The molecule has 0 radical (unpaired) electrons. The third-order valence-electron chi connectivity index (χ3n) is 13.5. The van der Waals surface area contributed by atoms with E-state index in [1.54, 1.807) is 41.1 Å². The summed E-state index contributed by atoms with van der Waals surface area (Å²) < 4.78 is 64.9. The van der Waals surface area contributed by atoms with Crippen LogP contribution in [0.1, 0.15) is 93.9 Å². The van der Waals surface area contributed by atoms with Gasteiger partial charge in [0.2, 0.25) is 17.7 Å². The van der Waals surface area contributed by atoms with Crippen molar-refractivity contribution in [3.05, 3.63) is 141 Å². The predicted molar refractivity (Wildman–Crippen MR) is 271 cm³/mol. The van der Waals surface area contributed by atoms with Crippen molar-refractivity contribution in [1.29, 1.82) is 0 Å². The number of hydrogen-bond donors (Lipinski definition) is 3. The van der Waals surface area contributed by atoms with Crippen molar-refractivity contribution in [1.82, 2.24) is 25.4 Å². The van der Waals surface area contributed by atoms with Gasteiger partial charge in [0.05, 0.1) is 34.8 Å². The van der Waals surface area contributed by atoms with Gasteiger partial charge in [0.25, 0.3) is 0 Å². The first kappa shape index (κ1) is 52.3. The Balaban J connectivity index is 0.795. The van der Waals surface area contributed by atoms with Crippen LogP contribution >= 0.6 is 11.3 Å². The molecule has 382 valence electrons. The lowest BCUT2D eigenvalue weighted by Gasteiger charge is -2.44. The van der Waals surface area contributed by atoms with Crippen molar-refractivity contribution < 1.29 is 46.9 Å². The number of β-amino-alcohol motifs (C(OH)–C–C–N with tert-alkyl or cyclic N) is 1. The Morgan fingerprint density at radius 2 is 1.61 bits per heavy atom. The van der Waals surface area contributed by atoms with Crippen LogP contribution in [0.2, 0.25) is 0 Å². The van der Waals surface area contributed by atoms with Gasteiger partial charge in [-0.1, -0.05) is 81.4 Å². The maximum absolute atomic E-state index is 16.2. The van der Waals surface area contributed by atoms with E-state index in [1.165, 1.54) is 30.9 Å². The maximum Gasteiger partial charge on any atom is 0.246 e. The molecule has 5 aromatic rings. The third kappa shape index (κ3) is 12.2. The first-order valence-electron chi connectivity index (χ1n) is 24.4. The number of halogens is 3. The van der Waals surface area contributed by atoms with Crippen molar-refractivity contribution in [2.24, 2.45) is 5.41 Å². The van der Waals surface area contributed by atoms with Gasteiger partial charge < -0.3 is 34.9 Å². The molecule has 1 aromatic heterocycles. The zero-order valence-electron chi connectivity index (χ0n) is 41.9. The van der Waals surface area contributed by atoms with Gasteiger partial charge >= 0.3 is 0 Å². The number of alkyl halides is 1. The lowest BCUT2D eigenvalue weighted by atomic mass is 9.84. The molecule has 72 heavy (non-hydrogen) atoms. The number of aromatic nitrogens is 1. The van der Waals surface area contributed by atoms with Crippen molar-refractivity contribution in [3.63, 3.8) is 0 Å². The lowest BCUT2D eigenvalue weighted by molar-refractivity contribution is -0.144. The van der Waals surface area contributed by atoms with Gasteiger partial charge in [-0.05, 0) is 97.0 Å². The van der Waals surface area contributed by atoms with Crippen LogP contribution < -0.4 is 20.1 Å². The highest BCUT2D eigenvalue weighted by Gasteiger charge is 2.45. The largest absolute Gasteiger partial charge is 0.491 e. The van der Waals surface area contributed by atoms with E-state index in [4.69, 9.17) is 14.2 Å². The summed E-state index contributed by atoms with van der Waals surface area (Å²) >= 11 is 1.56. The van der Waals surface area contributed by atoms with Crippen LogP contribution in [0, 0.1) is 24.0 Å². The smallest absolute Gasteiger partial charge is 0.246 e. The Morgan fingerprint density at radius 1 is 0.917 bits per heavy atom. The van der Waals surface area contributed by atoms with E-state index >= 15 is 13.2 Å². The Morgan fingerprint density at radius 3 is 2.28 bits per heavy atom. The number of benzene rings is 4. The molecule has 0 unspecified atom stereocenters. The molecule has 3 amide bonds. The fourth-order valence-corrected chi connectivity index (χ4v) is 10.8. The second-order valence-electron chi connectivity index (χ2n) is 20.8. The Hall–Kier alpha value is -6.07. The first-order chi connectivity index (χ1) is 34.2. The summed E-state index contributed by atoms with van der Waals surface area (Å²) in [5.74, 6) is -2.37. The predicted octanol–water partition coefficient (Wildman–Crippen LogP) is 9.07. The average Bonchev–Trinajstić information content (AvgIpc) is 4.05. The molecular weight excluding hydrogens is 944 g/mol. The fourth-order valence-electron chi connectivity index (χ4n) is 9.97. The van der Waals surface area contributed by atoms with Gasteiger partial charge in [-0.2, -0.15) is 0 Å². The van der Waals surface area contributed by atoms with Crippen LogP contribution in [0.5, 0.6) is 11.5 Å². The molecule has 1 saturated heterocycles. The first-order valence-corrected chi connectivity index (χ1v) is 25.3. The second kappa shape index (κ2) is 22.0. The van der Waals surface area contributed by atoms with E-state index in [2.05, 4.69) is 15.6 Å². The van der Waals surface area contributed by atoms with Gasteiger partial charge in [0.1, 0.15) is 60.7 Å². The van der Waals surface area contributed by atoms with Gasteiger partial charge in [-0.15, -0.1) is 11.3 Å². The molecule has 16 heteroatoms. The number of ether oxygens (including phenoxy) is 3. The molecular formula is C56H64F3N5O7S. The number of rotatable bonds is 18. The van der Waals surface area contributed by atoms with Crippen LogP contribution in [0.3, 0.4) is 0 Å². The quantitative estimate of drug-likeness (QED) is 0.0734. The second-order valence-corrected chi connectivity index (χ2v) is 21.6. The minimum Gasteiger partial charge on any atom is -0.491 e. The standard InChI is InChI=1S/C56H64F3N5O7S/c1-33-22-43-42-11-9-8-10-38(42)23-44(43)50(64(33)31-56(6,7)59)49-45(57)25-41(26-46(49)58)71-29-36-14-18-40(19-15-36)70-21-20-69-30-48(66)62-52(55(3,4)5)54(68)63-28-39(65)24-47(63)53(67)60-27-35-12-16-37(17-13-35)51-34(2)61-32-72-51/h8-19,25-26,32-33,39,47,50,52,65H,20-24,27-31H2,1-7H3,(H,60,67)(H,62,66)/t33-,39-,47+,50+,52-/m1/s1. The highest BCUT2D eigenvalue weighted by Crippen LogP contribution is 2.50. The normalized spacial score (nSPS) is 19.5. The number of aryl methyl sites for hydroxylation is 1. The number of nitrogens with one attached hydrogen (secondary N) is 2. The van der Waals surface area contributed by atoms with Crippen LogP contribution in [0.4, 0.5) is 13.2 Å². The average molecular weight is 1010 g/mol. The SMILES string of the molecule is Cc1ncsc1-c1ccc(CNC(=O)[C@@H]2C[C@@H](O)CN2C(=O)[C@@H](NC(=O)COCCOc2ccc(COc3cc(F)c([C@@H]4C5=C(C[C@@H](C)N4CC(C)(C)F)c4ccccc4C5)c(F)c3)cc2)C(C)(C)C)cc1. The number of aliphatic hydroxyl groups is 1. The number of likely N-dealkylation sites (tertiary alicyclic amines) is 1. The zero-order chi connectivity index (χ0) is 51.5. The number of amides is 3. The molecule has 4 aromatic carbocycles. The van der Waals surface area contributed by atoms with Gasteiger partial charge in [-0.3, -0.25) is 19.3 Å². The molecule has 3 aliphatic rings. The highest BCUT2D eigenvalue weighted by atomic mass is 32.1. The number of hydrogen-bond acceptors (Lipinski definition) is 10. The van der Waals surface area contributed by atoms with Crippen molar-refractivity contribution in [2.45, 2.75) is 117 Å². The third-order valence-corrected chi connectivity index (χ3v) is 14.5. The van der Waals surface area contributed by atoms with E-state index in [1.807, 2.05) is 88.0 Å². The summed E-state index contributed by atoms with van der Waals surface area (Å²) in [6.07, 6.45) is 0.373. The highest BCUT2D eigenvalue weighted by molar-refractivity contribution is 7.13. The molecule has 1 aliphatic carbocycles. The molecule has 1 fully saturated rings. The number of nitrogens with zero attached hydrogens (tertiary/aromatic N) is 3. The summed E-state index contributed by atoms with van der Waals surface area (Å²) in [6, 6.07) is 22.3. The van der Waals surface area contributed by atoms with Crippen molar-refractivity contribution >= 4 is 34.6 Å². The molecule has 3 N–H and O–H groups in total. The maximum atomic E-state index is 16.2. The van der Waals surface area contributed by atoms with E-state index < -0.39 is 64.7 Å². The van der Waals surface area contributed by atoms with E-state index in [-0.39, 0.29) is 69.8 Å². The Labute approximate surface area is 423 Å². The monoisotopic (exact) mass is 1010 g/mol. The van der Waals surface area contributed by atoms with Gasteiger partial charge in [-0.25, -0.2) is 18.2 Å². The molecule has 8 rings (SSSR count). The summed E-state index contributed by atoms with van der Waals surface area (Å²) in [4.78, 5) is 49.2. The Kier molecular flexibility index (Phi) is 15.9. The molecule has 0 saturated carbocycles. The Bertz CT molecular complexity index is 2770. The van der Waals surface area contributed by atoms with Crippen molar-refractivity contribution in [2.75, 3.05) is 32.9 Å². The summed E-state index contributed by atoms with van der Waals surface area (Å²) in [6.45, 7) is 12.4. The summed E-state index contributed by atoms with van der Waals surface area (Å²) in [7, 11) is 0. The molecule has 3 heterocycles. The van der Waals surface area contributed by atoms with Crippen LogP contribution in [-0.4, -0.2) is 100 Å². The van der Waals surface area contributed by atoms with Gasteiger partial charge in [0.15, 0.2) is 0 Å². The molecule has 0 spiro atoms. The summed E-state index contributed by atoms with van der Waals surface area (Å²) in [5, 5.41) is 16.3. The zero-order valence-corrected chi connectivity index (χ0v) is 42.7. The molecule has 0 bridgehead atoms. The number of aliphatic hydroxyl groups excluding tert-OH is 1. The number of thiazole rings is 1. The van der Waals surface area contributed by atoms with Crippen LogP contribution in [-0.2, 0) is 38.7 Å². The minimum absolute atomic E-state index is 0.0135. The molecule has 5 atom stereocenters. The van der Waals surface area contributed by atoms with E-state index in [0.717, 1.165) is 49.5 Å². The number of carbonyl (C=O) groups excluding carboxylic acids is 3. The van der Waals surface area contributed by atoms with Crippen LogP contribution in [0.15, 0.2) is 96.0 Å². The van der Waals surface area contributed by atoms with Gasteiger partial charge in [0, 0.05) is 49.8 Å². The fraction of sp³-hybridized carbons (Fsp3) is 0.429. The number of carbonyl (C=O) groups is 3. The van der Waals surface area contributed by atoms with E-state index in [9.17, 15) is 19.5 Å². The summed E-state index contributed by atoms with van der Waals surface area (Å²) in [5.41, 5.74) is 7.12. The molecule has 12 nitrogen and oxygen atoms in total. The number of fused-ring (bicyclic) bond motifs is 2. The molecule has 2 aliphatic heterocycles. The van der Waals surface area contributed by atoms with Crippen LogP contribution in [0.25, 0.3) is 16.0 Å². The lowest BCUT2D eigenvalue weighted by Crippen LogP contribution is -2.58. The minimum atomic E-state index is -1.59. The van der Waals surface area contributed by atoms with E-state index in [0.29, 0.717) is 18.6 Å². The van der Waals surface area contributed by atoms with Crippen molar-refractivity contribution in [3.8, 4) is 21.9 Å². The topological polar surface area (TPSA) is 143 Å².